The highest BCUT2D eigenvalue weighted by molar-refractivity contribution is 5.46. The maximum atomic E-state index is 9.93. The summed E-state index contributed by atoms with van der Waals surface area (Å²) in [6.07, 6.45) is 0.795. The molecule has 0 aromatic heterocycles. The van der Waals surface area contributed by atoms with Crippen LogP contribution in [0.3, 0.4) is 0 Å². The van der Waals surface area contributed by atoms with Crippen LogP contribution in [0.25, 0.3) is 0 Å². The van der Waals surface area contributed by atoms with Gasteiger partial charge in [0.25, 0.3) is 0 Å². The lowest BCUT2D eigenvalue weighted by Crippen LogP contribution is -2.29. The molecule has 0 saturated carbocycles. The van der Waals surface area contributed by atoms with Crippen molar-refractivity contribution in [2.75, 3.05) is 32.7 Å². The van der Waals surface area contributed by atoms with E-state index in [9.17, 15) is 5.11 Å². The van der Waals surface area contributed by atoms with E-state index in [4.69, 9.17) is 4.74 Å². The predicted molar refractivity (Wildman–Crippen MR) is 91.9 cm³/mol. The molecule has 3 heteroatoms. The Morgan fingerprint density at radius 2 is 1.59 bits per heavy atom. The van der Waals surface area contributed by atoms with Crippen molar-refractivity contribution in [1.29, 1.82) is 0 Å². The number of nitrogens with zero attached hydrogens (tertiary/aromatic N) is 1. The van der Waals surface area contributed by atoms with Gasteiger partial charge in [0.05, 0.1) is 13.7 Å². The van der Waals surface area contributed by atoms with E-state index in [1.54, 1.807) is 7.11 Å². The molecule has 0 bridgehead atoms. The third-order valence-corrected chi connectivity index (χ3v) is 4.18. The molecule has 0 heterocycles. The highest BCUT2D eigenvalue weighted by Crippen LogP contribution is 2.29. The van der Waals surface area contributed by atoms with Gasteiger partial charge in [0.1, 0.15) is 5.75 Å². The van der Waals surface area contributed by atoms with Crippen molar-refractivity contribution in [1.82, 2.24) is 0 Å². The molecule has 0 aliphatic carbocycles. The minimum Gasteiger partial charge on any atom is -0.497 e. The fraction of sp³-hybridized carbons (Fsp3) is 0.368. The average molecular weight is 299 g/mol. The minimum atomic E-state index is -0.300. The van der Waals surface area contributed by atoms with E-state index < -0.39 is 0 Å². The summed E-state index contributed by atoms with van der Waals surface area (Å²) in [5.74, 6) is 0.833. The summed E-state index contributed by atoms with van der Waals surface area (Å²) in [6, 6.07) is 16.4. The van der Waals surface area contributed by atoms with Crippen LogP contribution in [-0.4, -0.2) is 32.9 Å². The second-order valence-electron chi connectivity index (χ2n) is 6.18. The van der Waals surface area contributed by atoms with Crippen molar-refractivity contribution >= 4 is 5.69 Å². The van der Waals surface area contributed by atoms with E-state index >= 15 is 0 Å². The molecule has 0 aliphatic heterocycles. The summed E-state index contributed by atoms with van der Waals surface area (Å²) < 4.78 is 5.20. The molecule has 118 valence electrons. The van der Waals surface area contributed by atoms with E-state index in [0.29, 0.717) is 0 Å². The molecule has 0 saturated heterocycles. The van der Waals surface area contributed by atoms with E-state index in [2.05, 4.69) is 36.1 Å². The number of aliphatic hydroxyl groups excluding tert-OH is 1. The van der Waals surface area contributed by atoms with Crippen LogP contribution in [0.5, 0.6) is 5.75 Å². The van der Waals surface area contributed by atoms with Crippen molar-refractivity contribution < 1.29 is 9.84 Å². The van der Waals surface area contributed by atoms with Crippen LogP contribution in [-0.2, 0) is 11.8 Å². The first-order valence-electron chi connectivity index (χ1n) is 7.50. The minimum absolute atomic E-state index is 0.106. The number of ether oxygens (including phenoxy) is 1. The molecular formula is C19H25NO2. The van der Waals surface area contributed by atoms with Gasteiger partial charge in [-0.15, -0.1) is 0 Å². The summed E-state index contributed by atoms with van der Waals surface area (Å²) in [5.41, 5.74) is 3.22. The Kier molecular flexibility index (Phi) is 5.09. The molecule has 0 aliphatic rings. The van der Waals surface area contributed by atoms with E-state index in [1.807, 2.05) is 38.4 Å². The second kappa shape index (κ2) is 6.84. The lowest BCUT2D eigenvalue weighted by molar-refractivity contribution is 0.204. The molecule has 0 amide bonds. The number of anilines is 1. The summed E-state index contributed by atoms with van der Waals surface area (Å²) in [6.45, 7) is 2.20. The van der Waals surface area contributed by atoms with Crippen molar-refractivity contribution in [2.24, 2.45) is 0 Å². The fourth-order valence-electron chi connectivity index (χ4n) is 2.61. The van der Waals surface area contributed by atoms with Gasteiger partial charge >= 0.3 is 0 Å². The van der Waals surface area contributed by atoms with Crippen LogP contribution in [0.2, 0.25) is 0 Å². The van der Waals surface area contributed by atoms with Gasteiger partial charge in [-0.05, 0) is 41.8 Å². The topological polar surface area (TPSA) is 32.7 Å². The highest BCUT2D eigenvalue weighted by atomic mass is 16.5. The Balaban J connectivity index is 2.21. The molecule has 1 atom stereocenters. The monoisotopic (exact) mass is 299 g/mol. The molecule has 2 rings (SSSR count). The SMILES string of the molecule is COc1ccc(C(C)(CO)Cc2ccc(N(C)C)cc2)cc1. The third-order valence-electron chi connectivity index (χ3n) is 4.18. The largest absolute Gasteiger partial charge is 0.497 e. The Morgan fingerprint density at radius 1 is 1.00 bits per heavy atom. The number of hydrogen-bond acceptors (Lipinski definition) is 3. The first kappa shape index (κ1) is 16.4. The highest BCUT2D eigenvalue weighted by Gasteiger charge is 2.26. The van der Waals surface area contributed by atoms with E-state index in [1.165, 1.54) is 11.3 Å². The van der Waals surface area contributed by atoms with Crippen molar-refractivity contribution in [2.45, 2.75) is 18.8 Å². The van der Waals surface area contributed by atoms with Crippen LogP contribution in [0.4, 0.5) is 5.69 Å². The van der Waals surface area contributed by atoms with Gasteiger partial charge in [0.15, 0.2) is 0 Å². The van der Waals surface area contributed by atoms with Crippen LogP contribution >= 0.6 is 0 Å². The molecule has 2 aromatic rings. The molecule has 1 unspecified atom stereocenters. The number of hydrogen-bond donors (Lipinski definition) is 1. The van der Waals surface area contributed by atoms with Crippen LogP contribution in [0, 0.1) is 0 Å². The fourth-order valence-corrected chi connectivity index (χ4v) is 2.61. The average Bonchev–Trinajstić information content (AvgIpc) is 2.55. The van der Waals surface area contributed by atoms with Gasteiger partial charge < -0.3 is 14.7 Å². The first-order valence-corrected chi connectivity index (χ1v) is 7.50. The maximum Gasteiger partial charge on any atom is 0.118 e. The van der Waals surface area contributed by atoms with Crippen molar-refractivity contribution in [3.63, 3.8) is 0 Å². The van der Waals surface area contributed by atoms with Crippen molar-refractivity contribution in [3.8, 4) is 5.75 Å². The smallest absolute Gasteiger partial charge is 0.118 e. The summed E-state index contributed by atoms with van der Waals surface area (Å²) in [7, 11) is 5.72. The van der Waals surface area contributed by atoms with Gasteiger partial charge in [-0.1, -0.05) is 31.2 Å². The van der Waals surface area contributed by atoms with Gasteiger partial charge in [-0.25, -0.2) is 0 Å². The predicted octanol–water partition coefficient (Wildman–Crippen LogP) is 3.25. The standard InChI is InChI=1S/C19H25NO2/c1-19(14-21,16-7-11-18(22-4)12-8-16)13-15-5-9-17(10-6-15)20(2)3/h5-12,21H,13-14H2,1-4H3. The molecule has 0 fully saturated rings. The van der Waals surface area contributed by atoms with Gasteiger partial charge in [-0.2, -0.15) is 0 Å². The summed E-state index contributed by atoms with van der Waals surface area (Å²) in [4.78, 5) is 2.08. The van der Waals surface area contributed by atoms with E-state index in [-0.39, 0.29) is 12.0 Å². The Bertz CT molecular complexity index is 590. The summed E-state index contributed by atoms with van der Waals surface area (Å²) in [5, 5.41) is 9.93. The molecule has 3 nitrogen and oxygen atoms in total. The van der Waals surface area contributed by atoms with E-state index in [0.717, 1.165) is 17.7 Å². The quantitative estimate of drug-likeness (QED) is 0.888. The molecule has 1 N–H and O–H groups in total. The van der Waals surface area contributed by atoms with Gasteiger partial charge in [0.2, 0.25) is 0 Å². The molecule has 2 aromatic carbocycles. The number of rotatable bonds is 6. The molecular weight excluding hydrogens is 274 g/mol. The van der Waals surface area contributed by atoms with Crippen LogP contribution in [0.15, 0.2) is 48.5 Å². The molecule has 22 heavy (non-hydrogen) atoms. The van der Waals surface area contributed by atoms with Gasteiger partial charge in [0, 0.05) is 25.2 Å². The number of aliphatic hydroxyl groups is 1. The zero-order chi connectivity index (χ0) is 16.2. The zero-order valence-electron chi connectivity index (χ0n) is 13.8. The first-order chi connectivity index (χ1) is 10.5. The Hall–Kier alpha value is -2.00. The number of benzene rings is 2. The maximum absolute atomic E-state index is 9.93. The number of methoxy groups -OCH3 is 1. The normalized spacial score (nSPS) is 13.5. The lowest BCUT2D eigenvalue weighted by atomic mass is 9.78. The summed E-state index contributed by atoms with van der Waals surface area (Å²) >= 11 is 0. The zero-order valence-corrected chi connectivity index (χ0v) is 13.8. The van der Waals surface area contributed by atoms with Crippen molar-refractivity contribution in [3.05, 3.63) is 59.7 Å². The van der Waals surface area contributed by atoms with Gasteiger partial charge in [-0.3, -0.25) is 0 Å². The second-order valence-corrected chi connectivity index (χ2v) is 6.18. The van der Waals surface area contributed by atoms with Crippen LogP contribution < -0.4 is 9.64 Å². The Labute approximate surface area is 133 Å². The lowest BCUT2D eigenvalue weighted by Gasteiger charge is -2.28. The Morgan fingerprint density at radius 3 is 2.05 bits per heavy atom. The van der Waals surface area contributed by atoms with Crippen LogP contribution in [0.1, 0.15) is 18.1 Å². The molecule has 0 radical (unpaired) electrons. The molecule has 0 spiro atoms. The third kappa shape index (κ3) is 3.60.